The van der Waals surface area contributed by atoms with Crippen LogP contribution < -0.4 is 5.32 Å². The Labute approximate surface area is 101 Å². The molecular formula is C11H15NO4S. The van der Waals surface area contributed by atoms with Gasteiger partial charge >= 0.3 is 0 Å². The average molecular weight is 257 g/mol. The molecule has 0 unspecified atom stereocenters. The molecule has 0 aliphatic heterocycles. The molecule has 1 aromatic carbocycles. The van der Waals surface area contributed by atoms with E-state index >= 15 is 0 Å². The molecule has 0 radical (unpaired) electrons. The Morgan fingerprint density at radius 1 is 1.29 bits per heavy atom. The van der Waals surface area contributed by atoms with Crippen LogP contribution in [0.4, 0.5) is 5.69 Å². The van der Waals surface area contributed by atoms with Crippen molar-refractivity contribution in [1.82, 2.24) is 0 Å². The fourth-order valence-electron chi connectivity index (χ4n) is 1.05. The van der Waals surface area contributed by atoms with E-state index in [1.54, 1.807) is 26.8 Å². The van der Waals surface area contributed by atoms with Crippen LogP contribution >= 0.6 is 0 Å². The minimum Gasteiger partial charge on any atom is -0.326 e. The quantitative estimate of drug-likeness (QED) is 0.793. The minimum absolute atomic E-state index is 0.231. The Bertz CT molecular complexity index is 529. The average Bonchev–Trinajstić information content (AvgIpc) is 2.15. The van der Waals surface area contributed by atoms with Crippen molar-refractivity contribution in [3.05, 3.63) is 24.3 Å². The van der Waals surface area contributed by atoms with Crippen LogP contribution in [0.5, 0.6) is 0 Å². The summed E-state index contributed by atoms with van der Waals surface area (Å²) in [5.74, 6) is -0.231. The van der Waals surface area contributed by atoms with E-state index < -0.39 is 15.5 Å². The maximum absolute atomic E-state index is 11.7. The number of hydrogen-bond donors (Lipinski definition) is 2. The van der Waals surface area contributed by atoms with Gasteiger partial charge in [-0.3, -0.25) is 9.35 Å². The zero-order valence-electron chi connectivity index (χ0n) is 9.89. The van der Waals surface area contributed by atoms with E-state index in [9.17, 15) is 13.2 Å². The number of amides is 1. The molecule has 0 atom stereocenters. The monoisotopic (exact) mass is 257 g/mol. The lowest BCUT2D eigenvalue weighted by Crippen LogP contribution is -2.27. The van der Waals surface area contributed by atoms with Crippen LogP contribution in [0.1, 0.15) is 20.8 Å². The zero-order valence-corrected chi connectivity index (χ0v) is 10.7. The smallest absolute Gasteiger partial charge is 0.294 e. The van der Waals surface area contributed by atoms with Crippen molar-refractivity contribution in [2.24, 2.45) is 5.41 Å². The highest BCUT2D eigenvalue weighted by molar-refractivity contribution is 7.85. The molecule has 0 aromatic heterocycles. The predicted molar refractivity (Wildman–Crippen MR) is 64.3 cm³/mol. The number of rotatable bonds is 2. The van der Waals surface area contributed by atoms with Gasteiger partial charge in [-0.1, -0.05) is 26.8 Å². The zero-order chi connectivity index (χ0) is 13.3. The first-order valence-electron chi connectivity index (χ1n) is 5.00. The molecule has 1 amide bonds. The molecule has 0 aliphatic carbocycles. The number of hydrogen-bond acceptors (Lipinski definition) is 3. The third kappa shape index (κ3) is 3.83. The van der Waals surface area contributed by atoms with Crippen molar-refractivity contribution in [3.63, 3.8) is 0 Å². The molecule has 0 saturated heterocycles. The lowest BCUT2D eigenvalue weighted by Gasteiger charge is -2.17. The molecule has 6 heteroatoms. The third-order valence-corrected chi connectivity index (χ3v) is 2.92. The SMILES string of the molecule is CC(C)(C)C(=O)Nc1cccc(S(=O)(=O)O)c1. The molecule has 0 spiro atoms. The maximum Gasteiger partial charge on any atom is 0.294 e. The lowest BCUT2D eigenvalue weighted by atomic mass is 9.95. The van der Waals surface area contributed by atoms with Crippen LogP contribution in [0.25, 0.3) is 0 Å². The summed E-state index contributed by atoms with van der Waals surface area (Å²) in [6.45, 7) is 5.24. The topological polar surface area (TPSA) is 83.5 Å². The first kappa shape index (κ1) is 13.7. The van der Waals surface area contributed by atoms with Crippen LogP contribution in [-0.2, 0) is 14.9 Å². The van der Waals surface area contributed by atoms with Gasteiger partial charge in [0.2, 0.25) is 5.91 Å². The van der Waals surface area contributed by atoms with E-state index in [2.05, 4.69) is 5.32 Å². The standard InChI is InChI=1S/C11H15NO4S/c1-11(2,3)10(13)12-8-5-4-6-9(7-8)17(14,15)16/h4-7H,1-3H3,(H,12,13)(H,14,15,16). The molecule has 0 heterocycles. The Kier molecular flexibility index (Phi) is 3.59. The lowest BCUT2D eigenvalue weighted by molar-refractivity contribution is -0.123. The van der Waals surface area contributed by atoms with Gasteiger partial charge in [0.25, 0.3) is 10.1 Å². The molecule has 0 aliphatic rings. The maximum atomic E-state index is 11.7. The van der Waals surface area contributed by atoms with E-state index in [0.29, 0.717) is 5.69 Å². The largest absolute Gasteiger partial charge is 0.326 e. The molecule has 17 heavy (non-hydrogen) atoms. The highest BCUT2D eigenvalue weighted by Crippen LogP contribution is 2.19. The fraction of sp³-hybridized carbons (Fsp3) is 0.364. The van der Waals surface area contributed by atoms with Gasteiger partial charge in [0, 0.05) is 11.1 Å². The third-order valence-electron chi connectivity index (χ3n) is 2.07. The Balaban J connectivity index is 2.99. The molecule has 1 rings (SSSR count). The van der Waals surface area contributed by atoms with Crippen LogP contribution in [-0.4, -0.2) is 18.9 Å². The molecule has 0 saturated carbocycles. The summed E-state index contributed by atoms with van der Waals surface area (Å²) in [6, 6.07) is 5.46. The Morgan fingerprint density at radius 2 is 1.88 bits per heavy atom. The summed E-state index contributed by atoms with van der Waals surface area (Å²) in [7, 11) is -4.25. The summed E-state index contributed by atoms with van der Waals surface area (Å²) >= 11 is 0. The van der Waals surface area contributed by atoms with E-state index in [4.69, 9.17) is 4.55 Å². The number of carbonyl (C=O) groups excluding carboxylic acids is 1. The summed E-state index contributed by atoms with van der Waals surface area (Å²) in [4.78, 5) is 11.4. The van der Waals surface area contributed by atoms with Crippen LogP contribution in [0.3, 0.4) is 0 Å². The van der Waals surface area contributed by atoms with Crippen LogP contribution in [0.2, 0.25) is 0 Å². The van der Waals surface area contributed by atoms with Crippen LogP contribution in [0.15, 0.2) is 29.2 Å². The highest BCUT2D eigenvalue weighted by Gasteiger charge is 2.21. The molecule has 5 nitrogen and oxygen atoms in total. The number of benzene rings is 1. The Hall–Kier alpha value is -1.40. The summed E-state index contributed by atoms with van der Waals surface area (Å²) in [6.07, 6.45) is 0. The molecule has 0 bridgehead atoms. The molecule has 2 N–H and O–H groups in total. The molecule has 0 fully saturated rings. The van der Waals surface area contributed by atoms with E-state index in [-0.39, 0.29) is 10.8 Å². The molecule has 94 valence electrons. The van der Waals surface area contributed by atoms with Crippen molar-refractivity contribution >= 4 is 21.7 Å². The van der Waals surface area contributed by atoms with Gasteiger partial charge in [-0.15, -0.1) is 0 Å². The van der Waals surface area contributed by atoms with Crippen molar-refractivity contribution in [3.8, 4) is 0 Å². The second kappa shape index (κ2) is 4.46. The van der Waals surface area contributed by atoms with Gasteiger partial charge in [-0.05, 0) is 18.2 Å². The first-order valence-corrected chi connectivity index (χ1v) is 6.44. The van der Waals surface area contributed by atoms with Crippen molar-refractivity contribution in [2.45, 2.75) is 25.7 Å². The van der Waals surface area contributed by atoms with Gasteiger partial charge in [0.15, 0.2) is 0 Å². The Morgan fingerprint density at radius 3 is 2.35 bits per heavy atom. The highest BCUT2D eigenvalue weighted by atomic mass is 32.2. The van der Waals surface area contributed by atoms with Gasteiger partial charge in [-0.2, -0.15) is 8.42 Å². The molecule has 1 aromatic rings. The van der Waals surface area contributed by atoms with Gasteiger partial charge in [-0.25, -0.2) is 0 Å². The van der Waals surface area contributed by atoms with E-state index in [1.807, 2.05) is 0 Å². The van der Waals surface area contributed by atoms with Gasteiger partial charge < -0.3 is 5.32 Å². The summed E-state index contributed by atoms with van der Waals surface area (Å²) in [5, 5.41) is 2.58. The van der Waals surface area contributed by atoms with E-state index in [0.717, 1.165) is 0 Å². The van der Waals surface area contributed by atoms with Crippen molar-refractivity contribution in [2.75, 3.05) is 5.32 Å². The van der Waals surface area contributed by atoms with Crippen molar-refractivity contribution in [1.29, 1.82) is 0 Å². The fourth-order valence-corrected chi connectivity index (χ4v) is 1.58. The normalized spacial score (nSPS) is 12.2. The first-order chi connectivity index (χ1) is 7.60. The van der Waals surface area contributed by atoms with Crippen LogP contribution in [0, 0.1) is 5.41 Å². The second-order valence-electron chi connectivity index (χ2n) is 4.71. The predicted octanol–water partition coefficient (Wildman–Crippen LogP) is 1.92. The summed E-state index contributed by atoms with van der Waals surface area (Å²) < 4.78 is 30.7. The van der Waals surface area contributed by atoms with E-state index in [1.165, 1.54) is 18.2 Å². The number of carbonyl (C=O) groups is 1. The number of nitrogens with one attached hydrogen (secondary N) is 1. The molecular weight excluding hydrogens is 242 g/mol. The van der Waals surface area contributed by atoms with Gasteiger partial charge in [0.1, 0.15) is 0 Å². The number of anilines is 1. The summed E-state index contributed by atoms with van der Waals surface area (Å²) in [5.41, 5.74) is -0.242. The minimum atomic E-state index is -4.25. The second-order valence-corrected chi connectivity index (χ2v) is 6.13. The van der Waals surface area contributed by atoms with Crippen molar-refractivity contribution < 1.29 is 17.8 Å². The van der Waals surface area contributed by atoms with Gasteiger partial charge in [0.05, 0.1) is 4.90 Å².